The van der Waals surface area contributed by atoms with Crippen molar-refractivity contribution >= 4 is 11.5 Å². The molecule has 1 aliphatic rings. The van der Waals surface area contributed by atoms with Gasteiger partial charge in [-0.05, 0) is 61.7 Å². The molecular formula is C21H25N3O. The first-order valence-electron chi connectivity index (χ1n) is 9.14. The van der Waals surface area contributed by atoms with Gasteiger partial charge in [0.2, 0.25) is 0 Å². The molecule has 0 aliphatic heterocycles. The van der Waals surface area contributed by atoms with Gasteiger partial charge in [0.25, 0.3) is 0 Å². The highest BCUT2D eigenvalue weighted by Crippen LogP contribution is 2.32. The van der Waals surface area contributed by atoms with E-state index in [1.165, 1.54) is 37.7 Å². The lowest BCUT2D eigenvalue weighted by Crippen LogP contribution is -2.23. The number of hydrogen-bond donors (Lipinski definition) is 1. The van der Waals surface area contributed by atoms with Crippen molar-refractivity contribution in [2.75, 3.05) is 12.4 Å². The van der Waals surface area contributed by atoms with Gasteiger partial charge < -0.3 is 10.1 Å². The van der Waals surface area contributed by atoms with Gasteiger partial charge in [-0.1, -0.05) is 19.3 Å². The van der Waals surface area contributed by atoms with Crippen LogP contribution in [0.4, 0.5) is 5.82 Å². The maximum atomic E-state index is 5.29. The number of benzene rings is 1. The second-order valence-electron chi connectivity index (χ2n) is 6.95. The average molecular weight is 335 g/mol. The van der Waals surface area contributed by atoms with Crippen molar-refractivity contribution in [3.63, 3.8) is 0 Å². The van der Waals surface area contributed by atoms with E-state index < -0.39 is 0 Å². The molecule has 1 fully saturated rings. The van der Waals surface area contributed by atoms with Crippen LogP contribution in [0.1, 0.15) is 37.7 Å². The Balaban J connectivity index is 1.78. The fraction of sp³-hybridized carbons (Fsp3) is 0.381. The Hall–Kier alpha value is -2.49. The SMILES string of the molecule is COc1ccc(-c2nc3cc(C)ccn3c2NC2CCCCC2)cc1. The molecule has 0 atom stereocenters. The molecule has 1 aromatic carbocycles. The zero-order valence-corrected chi connectivity index (χ0v) is 15.0. The molecule has 0 radical (unpaired) electrons. The first-order valence-corrected chi connectivity index (χ1v) is 9.14. The Morgan fingerprint density at radius 3 is 2.56 bits per heavy atom. The summed E-state index contributed by atoms with van der Waals surface area (Å²) in [5, 5.41) is 3.79. The van der Waals surface area contributed by atoms with Crippen molar-refractivity contribution in [3.8, 4) is 17.0 Å². The Labute approximate surface area is 148 Å². The van der Waals surface area contributed by atoms with E-state index in [0.29, 0.717) is 6.04 Å². The van der Waals surface area contributed by atoms with Gasteiger partial charge in [-0.15, -0.1) is 0 Å². The number of imidazole rings is 1. The zero-order chi connectivity index (χ0) is 17.2. The van der Waals surface area contributed by atoms with Crippen molar-refractivity contribution in [2.45, 2.75) is 45.1 Å². The minimum absolute atomic E-state index is 0.534. The lowest BCUT2D eigenvalue weighted by atomic mass is 9.95. The fourth-order valence-corrected chi connectivity index (χ4v) is 3.67. The van der Waals surface area contributed by atoms with E-state index in [4.69, 9.17) is 9.72 Å². The second kappa shape index (κ2) is 6.79. The maximum Gasteiger partial charge on any atom is 0.139 e. The van der Waals surface area contributed by atoms with Crippen LogP contribution in [0.5, 0.6) is 5.75 Å². The molecule has 4 rings (SSSR count). The van der Waals surface area contributed by atoms with E-state index >= 15 is 0 Å². The summed E-state index contributed by atoms with van der Waals surface area (Å²) in [5.41, 5.74) is 4.34. The van der Waals surface area contributed by atoms with Gasteiger partial charge in [-0.2, -0.15) is 0 Å². The summed E-state index contributed by atoms with van der Waals surface area (Å²) in [6.07, 6.45) is 8.57. The number of rotatable bonds is 4. The van der Waals surface area contributed by atoms with Gasteiger partial charge in [0.1, 0.15) is 22.9 Å². The highest BCUT2D eigenvalue weighted by Gasteiger charge is 2.19. The smallest absolute Gasteiger partial charge is 0.139 e. The predicted molar refractivity (Wildman–Crippen MR) is 102 cm³/mol. The number of ether oxygens (including phenoxy) is 1. The van der Waals surface area contributed by atoms with Crippen LogP contribution < -0.4 is 10.1 Å². The number of anilines is 1. The van der Waals surface area contributed by atoms with Crippen molar-refractivity contribution in [3.05, 3.63) is 48.2 Å². The Kier molecular flexibility index (Phi) is 4.35. The molecule has 0 spiro atoms. The highest BCUT2D eigenvalue weighted by molar-refractivity contribution is 5.77. The molecule has 1 aliphatic carbocycles. The van der Waals surface area contributed by atoms with E-state index in [0.717, 1.165) is 28.5 Å². The van der Waals surface area contributed by atoms with Gasteiger partial charge in [-0.25, -0.2) is 4.98 Å². The normalized spacial score (nSPS) is 15.4. The summed E-state index contributed by atoms with van der Waals surface area (Å²) in [4.78, 5) is 4.92. The van der Waals surface area contributed by atoms with E-state index in [-0.39, 0.29) is 0 Å². The third-order valence-electron chi connectivity index (χ3n) is 5.09. The summed E-state index contributed by atoms with van der Waals surface area (Å²) in [5.74, 6) is 1.97. The molecule has 0 bridgehead atoms. The summed E-state index contributed by atoms with van der Waals surface area (Å²) in [6.45, 7) is 2.11. The van der Waals surface area contributed by atoms with Gasteiger partial charge >= 0.3 is 0 Å². The second-order valence-corrected chi connectivity index (χ2v) is 6.95. The molecule has 2 aromatic heterocycles. The molecule has 25 heavy (non-hydrogen) atoms. The fourth-order valence-electron chi connectivity index (χ4n) is 3.67. The zero-order valence-electron chi connectivity index (χ0n) is 15.0. The van der Waals surface area contributed by atoms with Crippen molar-refractivity contribution in [1.82, 2.24) is 9.38 Å². The Morgan fingerprint density at radius 1 is 1.08 bits per heavy atom. The maximum absolute atomic E-state index is 5.29. The van der Waals surface area contributed by atoms with Crippen molar-refractivity contribution in [1.29, 1.82) is 0 Å². The first-order chi connectivity index (χ1) is 12.2. The molecule has 1 N–H and O–H groups in total. The number of methoxy groups -OCH3 is 1. The lowest BCUT2D eigenvalue weighted by molar-refractivity contribution is 0.415. The number of nitrogens with zero attached hydrogens (tertiary/aromatic N) is 2. The topological polar surface area (TPSA) is 38.6 Å². The quantitative estimate of drug-likeness (QED) is 0.724. The molecule has 130 valence electrons. The molecule has 0 saturated heterocycles. The molecular weight excluding hydrogens is 310 g/mol. The van der Waals surface area contributed by atoms with Gasteiger partial charge in [-0.3, -0.25) is 4.40 Å². The molecule has 1 saturated carbocycles. The summed E-state index contributed by atoms with van der Waals surface area (Å²) >= 11 is 0. The highest BCUT2D eigenvalue weighted by atomic mass is 16.5. The van der Waals surface area contributed by atoms with Crippen LogP contribution in [0.25, 0.3) is 16.9 Å². The van der Waals surface area contributed by atoms with E-state index in [2.05, 4.69) is 47.1 Å². The molecule has 4 heteroatoms. The number of aryl methyl sites for hydroxylation is 1. The molecule has 2 heterocycles. The van der Waals surface area contributed by atoms with Crippen LogP contribution in [0, 0.1) is 6.92 Å². The summed E-state index contributed by atoms with van der Waals surface area (Å²) in [6, 6.07) is 13.0. The minimum Gasteiger partial charge on any atom is -0.497 e. The van der Waals surface area contributed by atoms with Crippen molar-refractivity contribution in [2.24, 2.45) is 0 Å². The Bertz CT molecular complexity index is 861. The third-order valence-corrected chi connectivity index (χ3v) is 5.09. The van der Waals surface area contributed by atoms with E-state index in [1.807, 2.05) is 12.1 Å². The number of hydrogen-bond acceptors (Lipinski definition) is 3. The van der Waals surface area contributed by atoms with Crippen LogP contribution in [0.2, 0.25) is 0 Å². The largest absolute Gasteiger partial charge is 0.497 e. The molecule has 0 unspecified atom stereocenters. The number of aromatic nitrogens is 2. The van der Waals surface area contributed by atoms with Crippen LogP contribution >= 0.6 is 0 Å². The average Bonchev–Trinajstić information content (AvgIpc) is 3.00. The minimum atomic E-state index is 0.534. The third kappa shape index (κ3) is 3.21. The molecule has 3 aromatic rings. The van der Waals surface area contributed by atoms with Gasteiger partial charge in [0.15, 0.2) is 0 Å². The monoisotopic (exact) mass is 335 g/mol. The Morgan fingerprint density at radius 2 is 1.84 bits per heavy atom. The first kappa shape index (κ1) is 16.0. The lowest BCUT2D eigenvalue weighted by Gasteiger charge is -2.24. The van der Waals surface area contributed by atoms with Crippen LogP contribution in [-0.2, 0) is 0 Å². The molecule has 0 amide bonds. The van der Waals surface area contributed by atoms with Crippen molar-refractivity contribution < 1.29 is 4.74 Å². The number of nitrogens with one attached hydrogen (secondary N) is 1. The van der Waals surface area contributed by atoms with E-state index in [9.17, 15) is 0 Å². The summed E-state index contributed by atoms with van der Waals surface area (Å²) < 4.78 is 7.47. The number of pyridine rings is 1. The predicted octanol–water partition coefficient (Wildman–Crippen LogP) is 5.06. The van der Waals surface area contributed by atoms with Gasteiger partial charge in [0, 0.05) is 17.8 Å². The van der Waals surface area contributed by atoms with Crippen LogP contribution in [0.15, 0.2) is 42.6 Å². The standard InChI is InChI=1S/C21H25N3O/c1-15-12-13-24-19(14-15)23-20(16-8-10-18(25-2)11-9-16)21(24)22-17-6-4-3-5-7-17/h8-14,17,22H,3-7H2,1-2H3. The summed E-state index contributed by atoms with van der Waals surface area (Å²) in [7, 11) is 1.69. The van der Waals surface area contributed by atoms with Gasteiger partial charge in [0.05, 0.1) is 7.11 Å². The van der Waals surface area contributed by atoms with E-state index in [1.54, 1.807) is 7.11 Å². The molecule has 4 nitrogen and oxygen atoms in total. The van der Waals surface area contributed by atoms with Crippen LogP contribution in [-0.4, -0.2) is 22.5 Å². The van der Waals surface area contributed by atoms with Crippen LogP contribution in [0.3, 0.4) is 0 Å². The number of fused-ring (bicyclic) bond motifs is 1.